The van der Waals surface area contributed by atoms with E-state index < -0.39 is 6.29 Å². The van der Waals surface area contributed by atoms with Gasteiger partial charge in [-0.15, -0.1) is 11.3 Å². The van der Waals surface area contributed by atoms with Gasteiger partial charge >= 0.3 is 0 Å². The van der Waals surface area contributed by atoms with Crippen LogP contribution in [0.25, 0.3) is 10.1 Å². The van der Waals surface area contributed by atoms with Crippen molar-refractivity contribution in [3.63, 3.8) is 0 Å². The molecule has 2 nitrogen and oxygen atoms in total. The number of fused-ring (bicyclic) bond motifs is 1. The van der Waals surface area contributed by atoms with Crippen molar-refractivity contribution >= 4 is 21.4 Å². The molecule has 0 aliphatic heterocycles. The molecule has 0 saturated carbocycles. The lowest BCUT2D eigenvalue weighted by molar-refractivity contribution is -0.0432. The summed E-state index contributed by atoms with van der Waals surface area (Å²) < 4.78 is 1.23. The molecule has 0 spiro atoms. The maximum Gasteiger partial charge on any atom is 0.178 e. The Hall–Kier alpha value is -0.900. The molecule has 0 aliphatic carbocycles. The molecule has 0 unspecified atom stereocenters. The Bertz CT molecular complexity index is 553. The molecule has 2 aromatic rings. The maximum absolute atomic E-state index is 9.40. The molecule has 0 atom stereocenters. The molecule has 1 heterocycles. The highest BCUT2D eigenvalue weighted by Gasteiger charge is 2.16. The number of hydrogen-bond donors (Lipinski definition) is 2. The van der Waals surface area contributed by atoms with Gasteiger partial charge in [0.05, 0.1) is 0 Å². The van der Waals surface area contributed by atoms with Crippen molar-refractivity contribution in [3.8, 4) is 0 Å². The van der Waals surface area contributed by atoms with E-state index in [2.05, 4.69) is 13.8 Å². The number of benzene rings is 1. The minimum absolute atomic E-state index is 0.647. The summed E-state index contributed by atoms with van der Waals surface area (Å²) in [6.45, 7) is 8.07. The summed E-state index contributed by atoms with van der Waals surface area (Å²) in [5, 5.41) is 20.0. The lowest BCUT2D eigenvalue weighted by Gasteiger charge is -2.13. The van der Waals surface area contributed by atoms with Crippen LogP contribution in [-0.2, 0) is 0 Å². The number of aliphatic hydroxyl groups is 2. The SMILES string of the molecule is Cc1cc2sc(C)c(C)c2c(C)c1C(O)O. The minimum Gasteiger partial charge on any atom is -0.364 e. The molecule has 16 heavy (non-hydrogen) atoms. The van der Waals surface area contributed by atoms with E-state index in [-0.39, 0.29) is 0 Å². The van der Waals surface area contributed by atoms with Gasteiger partial charge in [-0.25, -0.2) is 0 Å². The average molecular weight is 236 g/mol. The van der Waals surface area contributed by atoms with Crippen LogP contribution in [0.3, 0.4) is 0 Å². The highest BCUT2D eigenvalue weighted by molar-refractivity contribution is 7.19. The fourth-order valence-corrected chi connectivity index (χ4v) is 3.55. The Morgan fingerprint density at radius 2 is 1.69 bits per heavy atom. The van der Waals surface area contributed by atoms with Crippen molar-refractivity contribution in [2.24, 2.45) is 0 Å². The van der Waals surface area contributed by atoms with Gasteiger partial charge in [0, 0.05) is 15.1 Å². The zero-order chi connectivity index (χ0) is 12.0. The van der Waals surface area contributed by atoms with Crippen LogP contribution < -0.4 is 0 Å². The normalized spacial score (nSPS) is 11.7. The lowest BCUT2D eigenvalue weighted by Crippen LogP contribution is -2.01. The van der Waals surface area contributed by atoms with E-state index in [0.29, 0.717) is 5.56 Å². The molecule has 0 saturated heterocycles. The molecule has 0 aliphatic rings. The molecule has 2 rings (SSSR count). The van der Waals surface area contributed by atoms with Crippen molar-refractivity contribution in [1.29, 1.82) is 0 Å². The summed E-state index contributed by atoms with van der Waals surface area (Å²) in [6, 6.07) is 2.04. The van der Waals surface area contributed by atoms with Crippen LogP contribution in [0.15, 0.2) is 6.07 Å². The molecule has 86 valence electrons. The van der Waals surface area contributed by atoms with Gasteiger partial charge in [0.1, 0.15) is 0 Å². The van der Waals surface area contributed by atoms with Crippen LogP contribution in [-0.4, -0.2) is 10.2 Å². The van der Waals surface area contributed by atoms with Gasteiger partial charge in [0.2, 0.25) is 0 Å². The molecular formula is C13H16O2S. The Morgan fingerprint density at radius 1 is 1.06 bits per heavy atom. The molecule has 2 N–H and O–H groups in total. The molecule has 0 bridgehead atoms. The van der Waals surface area contributed by atoms with Gasteiger partial charge in [0.15, 0.2) is 6.29 Å². The van der Waals surface area contributed by atoms with Gasteiger partial charge in [-0.1, -0.05) is 0 Å². The van der Waals surface area contributed by atoms with E-state index in [1.54, 1.807) is 11.3 Å². The zero-order valence-electron chi connectivity index (χ0n) is 9.96. The van der Waals surface area contributed by atoms with E-state index in [9.17, 15) is 10.2 Å². The second-order valence-corrected chi connectivity index (χ2v) is 5.52. The van der Waals surface area contributed by atoms with Crippen LogP contribution in [0.1, 0.15) is 33.4 Å². The fourth-order valence-electron chi connectivity index (χ4n) is 2.32. The highest BCUT2D eigenvalue weighted by Crippen LogP contribution is 2.36. The van der Waals surface area contributed by atoms with Crippen molar-refractivity contribution in [3.05, 3.63) is 33.2 Å². The molecule has 1 aromatic heterocycles. The smallest absolute Gasteiger partial charge is 0.178 e. The summed E-state index contributed by atoms with van der Waals surface area (Å²) >= 11 is 1.76. The van der Waals surface area contributed by atoms with Gasteiger partial charge in [-0.3, -0.25) is 0 Å². The molecule has 1 aromatic carbocycles. The van der Waals surface area contributed by atoms with E-state index in [1.807, 2.05) is 19.9 Å². The first-order chi connectivity index (χ1) is 7.43. The number of aliphatic hydroxyl groups excluding tert-OH is 1. The number of aryl methyl sites for hydroxylation is 4. The third kappa shape index (κ3) is 1.56. The van der Waals surface area contributed by atoms with Crippen molar-refractivity contribution < 1.29 is 10.2 Å². The van der Waals surface area contributed by atoms with Gasteiger partial charge in [-0.2, -0.15) is 0 Å². The first kappa shape index (κ1) is 11.6. The number of hydrogen-bond acceptors (Lipinski definition) is 3. The van der Waals surface area contributed by atoms with Crippen molar-refractivity contribution in [1.82, 2.24) is 0 Å². The van der Waals surface area contributed by atoms with Crippen LogP contribution in [0.4, 0.5) is 0 Å². The monoisotopic (exact) mass is 236 g/mol. The predicted octanol–water partition coefficient (Wildman–Crippen LogP) is 3.12. The van der Waals surface area contributed by atoms with Crippen LogP contribution >= 0.6 is 11.3 Å². The van der Waals surface area contributed by atoms with E-state index >= 15 is 0 Å². The standard InChI is InChI=1S/C13H16O2S/c1-6-5-10-12(7(2)9(4)16-10)8(3)11(6)13(14)15/h5,13-15H,1-4H3. The Balaban J connectivity index is 2.91. The lowest BCUT2D eigenvalue weighted by atomic mass is 9.97. The Labute approximate surface area is 99.2 Å². The third-order valence-corrected chi connectivity index (χ3v) is 4.38. The highest BCUT2D eigenvalue weighted by atomic mass is 32.1. The van der Waals surface area contributed by atoms with Crippen molar-refractivity contribution in [2.45, 2.75) is 34.0 Å². The topological polar surface area (TPSA) is 40.5 Å². The average Bonchev–Trinajstić information content (AvgIpc) is 2.41. The molecule has 0 fully saturated rings. The number of thiophene rings is 1. The molecule has 0 radical (unpaired) electrons. The summed E-state index contributed by atoms with van der Waals surface area (Å²) in [7, 11) is 0. The Morgan fingerprint density at radius 3 is 2.25 bits per heavy atom. The molecule has 0 amide bonds. The largest absolute Gasteiger partial charge is 0.364 e. The van der Waals surface area contributed by atoms with Gasteiger partial charge < -0.3 is 10.2 Å². The second-order valence-electron chi connectivity index (χ2n) is 4.26. The zero-order valence-corrected chi connectivity index (χ0v) is 10.8. The summed E-state index contributed by atoms with van der Waals surface area (Å²) in [5.74, 6) is 0. The first-order valence-electron chi connectivity index (χ1n) is 5.29. The van der Waals surface area contributed by atoms with Crippen molar-refractivity contribution in [2.75, 3.05) is 0 Å². The number of rotatable bonds is 1. The maximum atomic E-state index is 9.40. The summed E-state index contributed by atoms with van der Waals surface area (Å²) in [4.78, 5) is 1.29. The fraction of sp³-hybridized carbons (Fsp3) is 0.385. The van der Waals surface area contributed by atoms with Crippen LogP contribution in [0.5, 0.6) is 0 Å². The molecule has 3 heteroatoms. The van der Waals surface area contributed by atoms with Crippen LogP contribution in [0, 0.1) is 27.7 Å². The Kier molecular flexibility index (Phi) is 2.78. The third-order valence-electron chi connectivity index (χ3n) is 3.22. The predicted molar refractivity (Wildman–Crippen MR) is 68.0 cm³/mol. The van der Waals surface area contributed by atoms with E-state index in [4.69, 9.17) is 0 Å². The quantitative estimate of drug-likeness (QED) is 0.747. The van der Waals surface area contributed by atoms with Gasteiger partial charge in [0.25, 0.3) is 0 Å². The minimum atomic E-state index is -1.39. The summed E-state index contributed by atoms with van der Waals surface area (Å²) in [5.41, 5.74) is 3.83. The van der Waals surface area contributed by atoms with E-state index in [0.717, 1.165) is 11.1 Å². The van der Waals surface area contributed by atoms with E-state index in [1.165, 1.54) is 20.5 Å². The van der Waals surface area contributed by atoms with Crippen LogP contribution in [0.2, 0.25) is 0 Å². The molecular weight excluding hydrogens is 220 g/mol. The summed E-state index contributed by atoms with van der Waals surface area (Å²) in [6.07, 6.45) is -1.39. The van der Waals surface area contributed by atoms with Gasteiger partial charge in [-0.05, 0) is 55.8 Å². The first-order valence-corrected chi connectivity index (χ1v) is 6.11. The second kappa shape index (κ2) is 3.84.